The molecule has 7 heteroatoms. The lowest BCUT2D eigenvalue weighted by molar-refractivity contribution is -0.150. The van der Waals surface area contributed by atoms with Crippen molar-refractivity contribution >= 4 is 23.4 Å². The number of methoxy groups -OCH3 is 1. The molecule has 1 unspecified atom stereocenters. The Bertz CT molecular complexity index is 764. The van der Waals surface area contributed by atoms with E-state index in [-0.39, 0.29) is 17.6 Å². The van der Waals surface area contributed by atoms with E-state index in [1.54, 1.807) is 24.3 Å². The van der Waals surface area contributed by atoms with E-state index in [0.717, 1.165) is 0 Å². The lowest BCUT2D eigenvalue weighted by atomic mass is 9.90. The molecule has 25 heavy (non-hydrogen) atoms. The van der Waals surface area contributed by atoms with Gasteiger partial charge in [-0.05, 0) is 37.6 Å². The van der Waals surface area contributed by atoms with Gasteiger partial charge in [-0.3, -0.25) is 9.59 Å². The molecular formula is C18H20N4O3. The van der Waals surface area contributed by atoms with Gasteiger partial charge in [0.2, 0.25) is 0 Å². The molecule has 0 radical (unpaired) electrons. The number of anilines is 2. The number of hydrogen-bond donors (Lipinski definition) is 1. The third-order valence-corrected chi connectivity index (χ3v) is 4.39. The number of nitrogens with zero attached hydrogens (tertiary/aromatic N) is 3. The molecule has 2 heterocycles. The number of para-hydroxylation sites is 1. The number of aromatic nitrogens is 2. The number of carbonyl (C=O) groups excluding carboxylic acids is 2. The molecule has 1 fully saturated rings. The van der Waals surface area contributed by atoms with E-state index in [1.165, 1.54) is 7.11 Å². The van der Waals surface area contributed by atoms with Crippen molar-refractivity contribution in [2.24, 2.45) is 5.41 Å². The molecule has 1 amide bonds. The molecule has 2 aromatic rings. The minimum atomic E-state index is -0.542. The summed E-state index contributed by atoms with van der Waals surface area (Å²) in [5, 5.41) is 10.9. The fourth-order valence-corrected chi connectivity index (χ4v) is 2.90. The number of esters is 1. The molecule has 0 aliphatic carbocycles. The van der Waals surface area contributed by atoms with Gasteiger partial charge in [0.1, 0.15) is 0 Å². The number of nitrogens with one attached hydrogen (secondary N) is 1. The quantitative estimate of drug-likeness (QED) is 0.858. The van der Waals surface area contributed by atoms with Gasteiger partial charge in [-0.1, -0.05) is 18.2 Å². The summed E-state index contributed by atoms with van der Waals surface area (Å²) in [6, 6.07) is 12.5. The van der Waals surface area contributed by atoms with Gasteiger partial charge in [0.05, 0.1) is 12.5 Å². The topological polar surface area (TPSA) is 84.4 Å². The second-order valence-corrected chi connectivity index (χ2v) is 6.32. The molecule has 1 aliphatic heterocycles. The molecule has 3 rings (SSSR count). The Kier molecular flexibility index (Phi) is 4.65. The highest BCUT2D eigenvalue weighted by molar-refractivity contribution is 6.02. The van der Waals surface area contributed by atoms with Crippen LogP contribution in [-0.2, 0) is 9.53 Å². The summed E-state index contributed by atoms with van der Waals surface area (Å²) in [4.78, 5) is 26.1. The Balaban J connectivity index is 1.67. The fraction of sp³-hybridized carbons (Fsp3) is 0.333. The van der Waals surface area contributed by atoms with Gasteiger partial charge in [-0.15, -0.1) is 10.2 Å². The molecule has 1 N–H and O–H groups in total. The molecule has 0 spiro atoms. The predicted octanol–water partition coefficient (Wildman–Crippen LogP) is 2.12. The third kappa shape index (κ3) is 3.60. The van der Waals surface area contributed by atoms with Crippen molar-refractivity contribution in [3.05, 3.63) is 48.2 Å². The van der Waals surface area contributed by atoms with E-state index in [2.05, 4.69) is 15.5 Å². The summed E-state index contributed by atoms with van der Waals surface area (Å²) in [5.41, 5.74) is 0.397. The minimum absolute atomic E-state index is 0.221. The molecule has 130 valence electrons. The zero-order chi connectivity index (χ0) is 17.9. The van der Waals surface area contributed by atoms with Crippen LogP contribution < -0.4 is 10.2 Å². The van der Waals surface area contributed by atoms with Crippen molar-refractivity contribution in [2.45, 2.75) is 13.3 Å². The van der Waals surface area contributed by atoms with Crippen LogP contribution >= 0.6 is 0 Å². The maximum atomic E-state index is 12.2. The average Bonchev–Trinajstić information content (AvgIpc) is 3.05. The van der Waals surface area contributed by atoms with Gasteiger partial charge < -0.3 is 15.0 Å². The highest BCUT2D eigenvalue weighted by Crippen LogP contribution is 2.33. The van der Waals surface area contributed by atoms with Gasteiger partial charge in [-0.25, -0.2) is 0 Å². The largest absolute Gasteiger partial charge is 0.469 e. The SMILES string of the molecule is COC(=O)C1(C)CCN(c2ccc(C(=O)Nc3ccccc3)nn2)C1. The average molecular weight is 340 g/mol. The number of benzene rings is 1. The number of carbonyl (C=O) groups is 2. The van der Waals surface area contributed by atoms with Gasteiger partial charge in [0, 0.05) is 18.8 Å². The minimum Gasteiger partial charge on any atom is -0.469 e. The first-order valence-electron chi connectivity index (χ1n) is 8.05. The standard InChI is InChI=1S/C18H20N4O3/c1-18(17(24)25-2)10-11-22(12-18)15-9-8-14(20-21-15)16(23)19-13-6-4-3-5-7-13/h3-9H,10-12H2,1-2H3,(H,19,23). The van der Waals surface area contributed by atoms with Gasteiger partial charge in [-0.2, -0.15) is 0 Å². The first-order valence-corrected chi connectivity index (χ1v) is 8.05. The Hall–Kier alpha value is -2.96. The van der Waals surface area contributed by atoms with Crippen LogP contribution in [-0.4, -0.2) is 42.3 Å². The van der Waals surface area contributed by atoms with E-state index < -0.39 is 5.41 Å². The maximum Gasteiger partial charge on any atom is 0.313 e. The monoisotopic (exact) mass is 340 g/mol. The van der Waals surface area contributed by atoms with Gasteiger partial charge >= 0.3 is 5.97 Å². The number of ether oxygens (including phenoxy) is 1. The van der Waals surface area contributed by atoms with Crippen LogP contribution in [0.2, 0.25) is 0 Å². The smallest absolute Gasteiger partial charge is 0.313 e. The second kappa shape index (κ2) is 6.88. The normalized spacial score (nSPS) is 19.5. The first kappa shape index (κ1) is 16.9. The van der Waals surface area contributed by atoms with Crippen LogP contribution in [0.4, 0.5) is 11.5 Å². The van der Waals surface area contributed by atoms with Gasteiger partial charge in [0.25, 0.3) is 5.91 Å². The third-order valence-electron chi connectivity index (χ3n) is 4.39. The number of rotatable bonds is 4. The summed E-state index contributed by atoms with van der Waals surface area (Å²) < 4.78 is 4.87. The lowest BCUT2D eigenvalue weighted by Gasteiger charge is -2.22. The first-order chi connectivity index (χ1) is 12.0. The van der Waals surface area contributed by atoms with Crippen LogP contribution in [0.15, 0.2) is 42.5 Å². The maximum absolute atomic E-state index is 12.2. The molecule has 1 aromatic heterocycles. The molecule has 1 aliphatic rings. The molecule has 1 saturated heterocycles. The highest BCUT2D eigenvalue weighted by atomic mass is 16.5. The Morgan fingerprint density at radius 1 is 1.16 bits per heavy atom. The summed E-state index contributed by atoms with van der Waals surface area (Å²) in [5.74, 6) is 0.108. The van der Waals surface area contributed by atoms with Crippen LogP contribution in [0.3, 0.4) is 0 Å². The summed E-state index contributed by atoms with van der Waals surface area (Å²) in [7, 11) is 1.40. The van der Waals surface area contributed by atoms with Crippen LogP contribution in [0.1, 0.15) is 23.8 Å². The van der Waals surface area contributed by atoms with Crippen molar-refractivity contribution in [1.82, 2.24) is 10.2 Å². The predicted molar refractivity (Wildman–Crippen MR) is 93.4 cm³/mol. The molecule has 7 nitrogen and oxygen atoms in total. The molecular weight excluding hydrogens is 320 g/mol. The zero-order valence-electron chi connectivity index (χ0n) is 14.2. The highest BCUT2D eigenvalue weighted by Gasteiger charge is 2.41. The van der Waals surface area contributed by atoms with E-state index in [1.807, 2.05) is 30.0 Å². The van der Waals surface area contributed by atoms with E-state index >= 15 is 0 Å². The summed E-state index contributed by atoms with van der Waals surface area (Å²) >= 11 is 0. The van der Waals surface area contributed by atoms with Crippen LogP contribution in [0, 0.1) is 5.41 Å². The lowest BCUT2D eigenvalue weighted by Crippen LogP contribution is -2.33. The van der Waals surface area contributed by atoms with Crippen molar-refractivity contribution < 1.29 is 14.3 Å². The summed E-state index contributed by atoms with van der Waals surface area (Å²) in [6.45, 7) is 3.09. The van der Waals surface area contributed by atoms with E-state index in [4.69, 9.17) is 4.74 Å². The van der Waals surface area contributed by atoms with Gasteiger partial charge in [0.15, 0.2) is 11.5 Å². The van der Waals surface area contributed by atoms with E-state index in [9.17, 15) is 9.59 Å². The Morgan fingerprint density at radius 3 is 2.56 bits per heavy atom. The van der Waals surface area contributed by atoms with Crippen molar-refractivity contribution in [2.75, 3.05) is 30.4 Å². The fourth-order valence-electron chi connectivity index (χ4n) is 2.90. The van der Waals surface area contributed by atoms with Crippen LogP contribution in [0.25, 0.3) is 0 Å². The number of amides is 1. The molecule has 0 saturated carbocycles. The number of hydrogen-bond acceptors (Lipinski definition) is 6. The Labute approximate surface area is 146 Å². The van der Waals surface area contributed by atoms with Crippen LogP contribution in [0.5, 0.6) is 0 Å². The van der Waals surface area contributed by atoms with E-state index in [0.29, 0.717) is 31.0 Å². The Morgan fingerprint density at radius 2 is 1.92 bits per heavy atom. The molecule has 1 aromatic carbocycles. The van der Waals surface area contributed by atoms with Crippen molar-refractivity contribution in [1.29, 1.82) is 0 Å². The molecule has 0 bridgehead atoms. The molecule has 1 atom stereocenters. The van der Waals surface area contributed by atoms with Crippen molar-refractivity contribution in [3.63, 3.8) is 0 Å². The van der Waals surface area contributed by atoms with Crippen molar-refractivity contribution in [3.8, 4) is 0 Å². The summed E-state index contributed by atoms with van der Waals surface area (Å²) in [6.07, 6.45) is 0.692. The zero-order valence-corrected chi connectivity index (χ0v) is 14.2. The second-order valence-electron chi connectivity index (χ2n) is 6.32.